The first-order valence-electron chi connectivity index (χ1n) is 4.60. The number of hydrogen-bond acceptors (Lipinski definition) is 2. The summed E-state index contributed by atoms with van der Waals surface area (Å²) in [5.74, 6) is -0.947. The Morgan fingerprint density at radius 2 is 2.21 bits per heavy atom. The van der Waals surface area contributed by atoms with E-state index in [0.717, 1.165) is 0 Å². The van der Waals surface area contributed by atoms with Crippen LogP contribution in [0.25, 0.3) is 0 Å². The third kappa shape index (κ3) is 2.73. The molecule has 0 unspecified atom stereocenters. The van der Waals surface area contributed by atoms with E-state index in [0.29, 0.717) is 19.6 Å². The molecule has 0 aromatic carbocycles. The Hall–Kier alpha value is -1.58. The van der Waals surface area contributed by atoms with Crippen molar-refractivity contribution in [2.24, 2.45) is 0 Å². The maximum Gasteiger partial charge on any atom is 0.312 e. The quantitative estimate of drug-likeness (QED) is 0.511. The van der Waals surface area contributed by atoms with Crippen molar-refractivity contribution in [2.45, 2.75) is 6.92 Å². The summed E-state index contributed by atoms with van der Waals surface area (Å²) >= 11 is 0. The number of piperazine rings is 1. The predicted molar refractivity (Wildman–Crippen MR) is 53.5 cm³/mol. The Balaban J connectivity index is 2.43. The normalized spacial score (nSPS) is 18.2. The fourth-order valence-electron chi connectivity index (χ4n) is 1.18. The third-order valence-electron chi connectivity index (χ3n) is 1.91. The van der Waals surface area contributed by atoms with Crippen molar-refractivity contribution in [1.29, 1.82) is 0 Å². The molecule has 1 heterocycles. The van der Waals surface area contributed by atoms with E-state index in [2.05, 4.69) is 5.32 Å². The van der Waals surface area contributed by atoms with E-state index >= 15 is 0 Å². The van der Waals surface area contributed by atoms with Crippen LogP contribution in [-0.2, 0) is 9.59 Å². The molecule has 76 valence electrons. The largest absolute Gasteiger partial charge is 0.346 e. The zero-order valence-electron chi connectivity index (χ0n) is 8.19. The van der Waals surface area contributed by atoms with Crippen LogP contribution in [0.15, 0.2) is 24.3 Å². The van der Waals surface area contributed by atoms with Gasteiger partial charge in [-0.25, -0.2) is 0 Å². The molecule has 1 fully saturated rings. The van der Waals surface area contributed by atoms with Gasteiger partial charge in [0.1, 0.15) is 0 Å². The molecule has 0 aromatic rings. The van der Waals surface area contributed by atoms with Crippen LogP contribution in [-0.4, -0.2) is 36.3 Å². The number of hydrogen-bond donors (Lipinski definition) is 1. The van der Waals surface area contributed by atoms with Gasteiger partial charge in [0.2, 0.25) is 0 Å². The van der Waals surface area contributed by atoms with Gasteiger partial charge in [-0.15, -0.1) is 0 Å². The summed E-state index contributed by atoms with van der Waals surface area (Å²) in [6.07, 6.45) is 7.51. The zero-order valence-corrected chi connectivity index (χ0v) is 8.19. The zero-order chi connectivity index (χ0) is 10.4. The van der Waals surface area contributed by atoms with Crippen LogP contribution in [0.3, 0.4) is 0 Å². The first-order valence-corrected chi connectivity index (χ1v) is 4.60. The van der Waals surface area contributed by atoms with Crippen LogP contribution in [0.5, 0.6) is 0 Å². The van der Waals surface area contributed by atoms with Crippen LogP contribution >= 0.6 is 0 Å². The molecule has 4 nitrogen and oxygen atoms in total. The van der Waals surface area contributed by atoms with Gasteiger partial charge >= 0.3 is 11.8 Å². The van der Waals surface area contributed by atoms with Gasteiger partial charge in [-0.2, -0.15) is 0 Å². The van der Waals surface area contributed by atoms with Crippen LogP contribution in [0, 0.1) is 0 Å². The third-order valence-corrected chi connectivity index (χ3v) is 1.91. The average molecular weight is 194 g/mol. The molecule has 1 rings (SSSR count). The Bertz CT molecular complexity index is 282. The number of nitrogens with one attached hydrogen (secondary N) is 1. The van der Waals surface area contributed by atoms with Crippen molar-refractivity contribution < 1.29 is 9.59 Å². The van der Waals surface area contributed by atoms with E-state index in [9.17, 15) is 9.59 Å². The van der Waals surface area contributed by atoms with Gasteiger partial charge in [-0.05, 0) is 6.92 Å². The minimum Gasteiger partial charge on any atom is -0.346 e. The number of carbonyl (C=O) groups is 2. The molecule has 1 N–H and O–H groups in total. The summed E-state index contributed by atoms with van der Waals surface area (Å²) in [4.78, 5) is 23.7. The van der Waals surface area contributed by atoms with Gasteiger partial charge in [0.25, 0.3) is 0 Å². The molecule has 14 heavy (non-hydrogen) atoms. The minimum absolute atomic E-state index is 0.443. The summed E-state index contributed by atoms with van der Waals surface area (Å²) in [5, 5.41) is 2.50. The molecule has 0 spiro atoms. The fraction of sp³-hybridized carbons (Fsp3) is 0.400. The van der Waals surface area contributed by atoms with Crippen LogP contribution in [0.4, 0.5) is 0 Å². The number of amides is 2. The number of allylic oxidation sites excluding steroid dienone is 3. The summed E-state index contributed by atoms with van der Waals surface area (Å²) in [7, 11) is 0. The highest BCUT2D eigenvalue weighted by molar-refractivity contribution is 6.35. The van der Waals surface area contributed by atoms with Gasteiger partial charge in [0, 0.05) is 19.6 Å². The summed E-state index contributed by atoms with van der Waals surface area (Å²) in [6.45, 7) is 3.55. The number of nitrogens with zero attached hydrogens (tertiary/aromatic N) is 1. The van der Waals surface area contributed by atoms with Crippen molar-refractivity contribution in [3.63, 3.8) is 0 Å². The van der Waals surface area contributed by atoms with E-state index in [1.807, 2.05) is 31.2 Å². The van der Waals surface area contributed by atoms with Crippen molar-refractivity contribution in [3.05, 3.63) is 24.3 Å². The standard InChI is InChI=1S/C10H14N2O2/c1-2-3-4-5-7-12-8-6-11-9(13)10(12)14/h2-5H,6-8H2,1H3,(H,11,13)/b3-2+,5-4+. The van der Waals surface area contributed by atoms with Crippen molar-refractivity contribution in [2.75, 3.05) is 19.6 Å². The predicted octanol–water partition coefficient (Wildman–Crippen LogP) is 0.0771. The molecular formula is C10H14N2O2. The molecule has 0 aliphatic carbocycles. The van der Waals surface area contributed by atoms with Gasteiger partial charge in [-0.1, -0.05) is 24.3 Å². The lowest BCUT2D eigenvalue weighted by Crippen LogP contribution is -2.52. The monoisotopic (exact) mass is 194 g/mol. The Labute approximate surface area is 83.3 Å². The molecule has 0 aromatic heterocycles. The van der Waals surface area contributed by atoms with E-state index in [1.165, 1.54) is 4.90 Å². The molecule has 2 amide bonds. The van der Waals surface area contributed by atoms with E-state index in [-0.39, 0.29) is 0 Å². The first kappa shape index (κ1) is 10.5. The molecule has 0 saturated carbocycles. The lowest BCUT2D eigenvalue weighted by Gasteiger charge is -2.24. The highest BCUT2D eigenvalue weighted by atomic mass is 16.2. The van der Waals surface area contributed by atoms with Crippen LogP contribution < -0.4 is 5.32 Å². The van der Waals surface area contributed by atoms with Crippen molar-refractivity contribution >= 4 is 11.8 Å². The van der Waals surface area contributed by atoms with Gasteiger partial charge in [0.15, 0.2) is 0 Å². The maximum atomic E-state index is 11.3. The highest BCUT2D eigenvalue weighted by Crippen LogP contribution is 1.95. The van der Waals surface area contributed by atoms with Gasteiger partial charge < -0.3 is 10.2 Å². The lowest BCUT2D eigenvalue weighted by atomic mass is 10.3. The molecule has 0 bridgehead atoms. The number of carbonyl (C=O) groups excluding carboxylic acids is 2. The van der Waals surface area contributed by atoms with E-state index < -0.39 is 11.8 Å². The molecular weight excluding hydrogens is 180 g/mol. The maximum absolute atomic E-state index is 11.3. The topological polar surface area (TPSA) is 49.4 Å². The molecule has 1 aliphatic heterocycles. The van der Waals surface area contributed by atoms with Crippen molar-refractivity contribution in [3.8, 4) is 0 Å². The Morgan fingerprint density at radius 1 is 1.43 bits per heavy atom. The van der Waals surface area contributed by atoms with Gasteiger partial charge in [-0.3, -0.25) is 9.59 Å². The molecule has 0 atom stereocenters. The Morgan fingerprint density at radius 3 is 2.93 bits per heavy atom. The molecule has 1 saturated heterocycles. The van der Waals surface area contributed by atoms with Crippen LogP contribution in [0.1, 0.15) is 6.92 Å². The average Bonchev–Trinajstić information content (AvgIpc) is 2.19. The van der Waals surface area contributed by atoms with E-state index in [4.69, 9.17) is 0 Å². The Kier molecular flexibility index (Phi) is 3.91. The molecule has 0 radical (unpaired) electrons. The van der Waals surface area contributed by atoms with E-state index in [1.54, 1.807) is 0 Å². The second-order valence-corrected chi connectivity index (χ2v) is 2.96. The van der Waals surface area contributed by atoms with Crippen LogP contribution in [0.2, 0.25) is 0 Å². The second-order valence-electron chi connectivity index (χ2n) is 2.96. The second kappa shape index (κ2) is 5.21. The highest BCUT2D eigenvalue weighted by Gasteiger charge is 2.24. The lowest BCUT2D eigenvalue weighted by molar-refractivity contribution is -0.147. The molecule has 4 heteroatoms. The minimum atomic E-state index is -0.504. The van der Waals surface area contributed by atoms with Gasteiger partial charge in [0.05, 0.1) is 0 Å². The summed E-state index contributed by atoms with van der Waals surface area (Å²) in [6, 6.07) is 0. The first-order chi connectivity index (χ1) is 6.75. The molecule has 1 aliphatic rings. The summed E-state index contributed by atoms with van der Waals surface area (Å²) < 4.78 is 0. The fourth-order valence-corrected chi connectivity index (χ4v) is 1.18. The van der Waals surface area contributed by atoms with Crippen molar-refractivity contribution in [1.82, 2.24) is 10.2 Å². The summed E-state index contributed by atoms with van der Waals surface area (Å²) in [5.41, 5.74) is 0. The smallest absolute Gasteiger partial charge is 0.312 e. The SMILES string of the molecule is C/C=C/C=C/CN1CCNC(=O)C1=O. The number of rotatable bonds is 3.